The van der Waals surface area contributed by atoms with Gasteiger partial charge in [-0.3, -0.25) is 9.59 Å². The number of ether oxygens (including phenoxy) is 1. The zero-order chi connectivity index (χ0) is 13.9. The van der Waals surface area contributed by atoms with E-state index in [1.807, 2.05) is 0 Å². The zero-order valence-corrected chi connectivity index (χ0v) is 11.1. The second-order valence-corrected chi connectivity index (χ2v) is 5.78. The summed E-state index contributed by atoms with van der Waals surface area (Å²) in [6.45, 7) is 0.964. The summed E-state index contributed by atoms with van der Waals surface area (Å²) in [4.78, 5) is 23.4. The number of hydrogen-bond acceptors (Lipinski definition) is 4. The molecule has 0 spiro atoms. The number of aliphatic carboxylic acids is 1. The Morgan fingerprint density at radius 3 is 2.26 bits per heavy atom. The summed E-state index contributed by atoms with van der Waals surface area (Å²) < 4.78 is 5.22. The van der Waals surface area contributed by atoms with Gasteiger partial charge in [0.1, 0.15) is 0 Å². The largest absolute Gasteiger partial charge is 0.481 e. The first-order valence-electron chi connectivity index (χ1n) is 6.87. The first-order valence-corrected chi connectivity index (χ1v) is 6.87. The second-order valence-electron chi connectivity index (χ2n) is 5.78. The van der Waals surface area contributed by atoms with E-state index in [2.05, 4.69) is 5.32 Å². The Bertz CT molecular complexity index is 358. The molecule has 6 heteroatoms. The molecule has 2 fully saturated rings. The molecule has 1 heterocycles. The van der Waals surface area contributed by atoms with Gasteiger partial charge in [-0.15, -0.1) is 0 Å². The van der Waals surface area contributed by atoms with E-state index in [1.54, 1.807) is 0 Å². The molecule has 4 N–H and O–H groups in total. The van der Waals surface area contributed by atoms with Crippen molar-refractivity contribution in [3.8, 4) is 0 Å². The number of rotatable bonds is 4. The molecule has 0 aromatic carbocycles. The summed E-state index contributed by atoms with van der Waals surface area (Å²) in [6.07, 6.45) is 4.30. The topological polar surface area (TPSA) is 102 Å². The summed E-state index contributed by atoms with van der Waals surface area (Å²) in [6, 6.07) is 0. The molecule has 1 saturated heterocycles. The van der Waals surface area contributed by atoms with E-state index in [4.69, 9.17) is 15.6 Å². The maximum atomic E-state index is 12.4. The molecule has 0 radical (unpaired) electrons. The number of amides is 1. The number of carboxylic acid groups (broad SMARTS) is 1. The molecule has 0 unspecified atom stereocenters. The molecule has 6 nitrogen and oxygen atoms in total. The fraction of sp³-hybridized carbons (Fsp3) is 0.846. The van der Waals surface area contributed by atoms with Crippen LogP contribution < -0.4 is 11.1 Å². The fourth-order valence-electron chi connectivity index (χ4n) is 3.02. The van der Waals surface area contributed by atoms with Gasteiger partial charge in [0, 0.05) is 13.2 Å². The first-order chi connectivity index (χ1) is 8.96. The van der Waals surface area contributed by atoms with Crippen molar-refractivity contribution in [1.29, 1.82) is 0 Å². The van der Waals surface area contributed by atoms with Gasteiger partial charge in [0.05, 0.1) is 17.5 Å². The highest BCUT2D eigenvalue weighted by Gasteiger charge is 2.43. The third-order valence-corrected chi connectivity index (χ3v) is 4.27. The summed E-state index contributed by atoms with van der Waals surface area (Å²) in [5.41, 5.74) is 4.62. The highest BCUT2D eigenvalue weighted by Crippen LogP contribution is 2.33. The van der Waals surface area contributed by atoms with Gasteiger partial charge in [0.25, 0.3) is 0 Å². The van der Waals surface area contributed by atoms with Crippen LogP contribution in [0.1, 0.15) is 44.9 Å². The van der Waals surface area contributed by atoms with Gasteiger partial charge in [-0.05, 0) is 25.7 Å². The SMILES string of the molecule is NC1(C(=O)NC2(CC(=O)O)CCCC2)CCOCC1. The normalized spacial score (nSPS) is 24.9. The van der Waals surface area contributed by atoms with E-state index in [0.717, 1.165) is 25.7 Å². The van der Waals surface area contributed by atoms with Crippen LogP contribution in [0.2, 0.25) is 0 Å². The van der Waals surface area contributed by atoms with Gasteiger partial charge in [-0.25, -0.2) is 0 Å². The summed E-state index contributed by atoms with van der Waals surface area (Å²) in [5, 5.41) is 12.0. The Kier molecular flexibility index (Phi) is 4.10. The smallest absolute Gasteiger partial charge is 0.305 e. The van der Waals surface area contributed by atoms with Crippen molar-refractivity contribution in [3.05, 3.63) is 0 Å². The Labute approximate surface area is 112 Å². The molecular formula is C13H22N2O4. The number of carbonyl (C=O) groups is 2. The Balaban J connectivity index is 2.04. The van der Waals surface area contributed by atoms with Crippen LogP contribution in [-0.4, -0.2) is 41.3 Å². The van der Waals surface area contributed by atoms with Gasteiger partial charge >= 0.3 is 5.97 Å². The maximum absolute atomic E-state index is 12.4. The van der Waals surface area contributed by atoms with E-state index in [9.17, 15) is 9.59 Å². The Morgan fingerprint density at radius 2 is 1.74 bits per heavy atom. The standard InChI is InChI=1S/C13H22N2O4/c14-13(5-7-19-8-6-13)11(18)15-12(9-10(16)17)3-1-2-4-12/h1-9,14H2,(H,15,18)(H,16,17). The third kappa shape index (κ3) is 3.25. The number of nitrogens with one attached hydrogen (secondary N) is 1. The lowest BCUT2D eigenvalue weighted by atomic mass is 9.86. The first kappa shape index (κ1) is 14.3. The molecule has 0 aromatic rings. The monoisotopic (exact) mass is 270 g/mol. The van der Waals surface area contributed by atoms with Crippen LogP contribution in [0.3, 0.4) is 0 Å². The fourth-order valence-corrected chi connectivity index (χ4v) is 3.02. The van der Waals surface area contributed by atoms with Gasteiger partial charge in [0.15, 0.2) is 0 Å². The van der Waals surface area contributed by atoms with E-state index >= 15 is 0 Å². The quantitative estimate of drug-likeness (QED) is 0.686. The molecule has 2 rings (SSSR count). The van der Waals surface area contributed by atoms with E-state index < -0.39 is 17.0 Å². The van der Waals surface area contributed by atoms with Crippen LogP contribution in [-0.2, 0) is 14.3 Å². The molecule has 0 bridgehead atoms. The Hall–Kier alpha value is -1.14. The zero-order valence-electron chi connectivity index (χ0n) is 11.1. The predicted molar refractivity (Wildman–Crippen MR) is 68.6 cm³/mol. The van der Waals surface area contributed by atoms with Crippen LogP contribution in [0.4, 0.5) is 0 Å². The van der Waals surface area contributed by atoms with Gasteiger partial charge in [-0.1, -0.05) is 12.8 Å². The minimum absolute atomic E-state index is 0.0225. The van der Waals surface area contributed by atoms with Crippen molar-refractivity contribution in [3.63, 3.8) is 0 Å². The maximum Gasteiger partial charge on any atom is 0.305 e. The summed E-state index contributed by atoms with van der Waals surface area (Å²) >= 11 is 0. The van der Waals surface area contributed by atoms with Crippen LogP contribution in [0.5, 0.6) is 0 Å². The molecule has 0 aromatic heterocycles. The highest BCUT2D eigenvalue weighted by atomic mass is 16.5. The van der Waals surface area contributed by atoms with Gasteiger partial charge in [0.2, 0.25) is 5.91 Å². The lowest BCUT2D eigenvalue weighted by molar-refractivity contribution is -0.140. The molecule has 2 aliphatic rings. The molecule has 19 heavy (non-hydrogen) atoms. The minimum Gasteiger partial charge on any atom is -0.481 e. The average molecular weight is 270 g/mol. The number of hydrogen-bond donors (Lipinski definition) is 3. The Morgan fingerprint density at radius 1 is 1.16 bits per heavy atom. The summed E-state index contributed by atoms with van der Waals surface area (Å²) in [5.74, 6) is -1.10. The molecule has 1 aliphatic heterocycles. The predicted octanol–water partition coefficient (Wildman–Crippen LogP) is 0.398. The van der Waals surface area contributed by atoms with Crippen LogP contribution >= 0.6 is 0 Å². The van der Waals surface area contributed by atoms with Crippen molar-refractivity contribution < 1.29 is 19.4 Å². The van der Waals surface area contributed by atoms with Crippen molar-refractivity contribution in [1.82, 2.24) is 5.32 Å². The highest BCUT2D eigenvalue weighted by molar-refractivity contribution is 5.87. The molecule has 1 aliphatic carbocycles. The third-order valence-electron chi connectivity index (χ3n) is 4.27. The van der Waals surface area contributed by atoms with Crippen molar-refractivity contribution in [2.45, 2.75) is 56.0 Å². The molecule has 1 amide bonds. The van der Waals surface area contributed by atoms with E-state index in [1.165, 1.54) is 0 Å². The van der Waals surface area contributed by atoms with Crippen molar-refractivity contribution in [2.24, 2.45) is 5.73 Å². The summed E-state index contributed by atoms with van der Waals surface area (Å²) in [7, 11) is 0. The second kappa shape index (κ2) is 5.46. The molecule has 1 saturated carbocycles. The van der Waals surface area contributed by atoms with Crippen molar-refractivity contribution >= 4 is 11.9 Å². The number of nitrogens with two attached hydrogens (primary N) is 1. The number of carbonyl (C=O) groups excluding carboxylic acids is 1. The average Bonchev–Trinajstić information content (AvgIpc) is 2.77. The lowest BCUT2D eigenvalue weighted by Gasteiger charge is -2.37. The van der Waals surface area contributed by atoms with E-state index in [-0.39, 0.29) is 12.3 Å². The van der Waals surface area contributed by atoms with E-state index in [0.29, 0.717) is 26.1 Å². The van der Waals surface area contributed by atoms with Crippen LogP contribution in [0, 0.1) is 0 Å². The van der Waals surface area contributed by atoms with Crippen LogP contribution in [0.25, 0.3) is 0 Å². The minimum atomic E-state index is -0.910. The number of carboxylic acids is 1. The van der Waals surface area contributed by atoms with Crippen molar-refractivity contribution in [2.75, 3.05) is 13.2 Å². The van der Waals surface area contributed by atoms with Gasteiger partial charge < -0.3 is 20.9 Å². The molecule has 0 atom stereocenters. The molecular weight excluding hydrogens is 248 g/mol. The molecule has 108 valence electrons. The lowest BCUT2D eigenvalue weighted by Crippen LogP contribution is -2.62. The van der Waals surface area contributed by atoms with Crippen LogP contribution in [0.15, 0.2) is 0 Å². The van der Waals surface area contributed by atoms with Gasteiger partial charge in [-0.2, -0.15) is 0 Å².